The van der Waals surface area contributed by atoms with Gasteiger partial charge < -0.3 is 10.1 Å². The fraction of sp³-hybridized carbons (Fsp3) is 0.769. The van der Waals surface area contributed by atoms with Gasteiger partial charge in [-0.2, -0.15) is 0 Å². The van der Waals surface area contributed by atoms with Crippen molar-refractivity contribution in [1.29, 1.82) is 0 Å². The number of nitrogens with one attached hydrogen (secondary N) is 1. The Morgan fingerprint density at radius 2 is 2.41 bits per heavy atom. The van der Waals surface area contributed by atoms with Crippen LogP contribution in [-0.2, 0) is 10.3 Å². The van der Waals surface area contributed by atoms with Gasteiger partial charge in [-0.25, -0.2) is 4.98 Å². The molecule has 0 amide bonds. The third-order valence-corrected chi connectivity index (χ3v) is 4.34. The Kier molecular flexibility index (Phi) is 4.17. The molecule has 0 bridgehead atoms. The van der Waals surface area contributed by atoms with Crippen molar-refractivity contribution in [3.05, 3.63) is 16.1 Å². The average molecular weight is 254 g/mol. The number of ether oxygens (including phenoxy) is 1. The molecule has 1 aromatic rings. The van der Waals surface area contributed by atoms with Crippen molar-refractivity contribution in [3.8, 4) is 0 Å². The molecule has 17 heavy (non-hydrogen) atoms. The van der Waals surface area contributed by atoms with Crippen LogP contribution in [0.15, 0.2) is 5.38 Å². The first-order chi connectivity index (χ1) is 8.18. The number of nitrogens with zero attached hydrogens (tertiary/aromatic N) is 1. The van der Waals surface area contributed by atoms with E-state index in [1.54, 1.807) is 11.3 Å². The predicted octanol–water partition coefficient (Wildman–Crippen LogP) is 2.88. The standard InChI is InChI=1S/C13H22N2OS/c1-4-14-13(6-5-7-16-9-13)12-15-11(8-17-12)10(2)3/h8,10,14H,4-7,9H2,1-3H3. The minimum atomic E-state index is -0.0369. The Morgan fingerprint density at radius 3 is 2.94 bits per heavy atom. The second kappa shape index (κ2) is 5.46. The lowest BCUT2D eigenvalue weighted by molar-refractivity contribution is 0.0188. The minimum absolute atomic E-state index is 0.0369. The third kappa shape index (κ3) is 2.69. The van der Waals surface area contributed by atoms with Crippen molar-refractivity contribution in [2.45, 2.75) is 45.1 Å². The fourth-order valence-electron chi connectivity index (χ4n) is 2.29. The van der Waals surface area contributed by atoms with Crippen LogP contribution in [0.3, 0.4) is 0 Å². The van der Waals surface area contributed by atoms with E-state index in [9.17, 15) is 0 Å². The van der Waals surface area contributed by atoms with Gasteiger partial charge in [0.05, 0.1) is 17.8 Å². The van der Waals surface area contributed by atoms with Crippen molar-refractivity contribution in [2.75, 3.05) is 19.8 Å². The van der Waals surface area contributed by atoms with Crippen LogP contribution in [0.5, 0.6) is 0 Å². The fourth-order valence-corrected chi connectivity index (χ4v) is 3.46. The molecule has 2 heterocycles. The molecule has 1 atom stereocenters. The summed E-state index contributed by atoms with van der Waals surface area (Å²) >= 11 is 1.77. The van der Waals surface area contributed by atoms with Gasteiger partial charge >= 0.3 is 0 Å². The maximum atomic E-state index is 5.67. The van der Waals surface area contributed by atoms with Crippen molar-refractivity contribution in [1.82, 2.24) is 10.3 Å². The molecule has 0 aliphatic carbocycles. The molecule has 0 aromatic carbocycles. The molecule has 3 nitrogen and oxygen atoms in total. The van der Waals surface area contributed by atoms with Crippen LogP contribution in [-0.4, -0.2) is 24.7 Å². The summed E-state index contributed by atoms with van der Waals surface area (Å²) in [6, 6.07) is 0. The summed E-state index contributed by atoms with van der Waals surface area (Å²) in [6.45, 7) is 9.13. The zero-order chi connectivity index (χ0) is 12.3. The van der Waals surface area contributed by atoms with E-state index in [0.717, 1.165) is 32.6 Å². The Balaban J connectivity index is 2.24. The summed E-state index contributed by atoms with van der Waals surface area (Å²) in [4.78, 5) is 4.80. The van der Waals surface area contributed by atoms with Crippen molar-refractivity contribution < 1.29 is 4.74 Å². The lowest BCUT2D eigenvalue weighted by Crippen LogP contribution is -2.48. The molecule has 2 rings (SSSR count). The molecule has 1 unspecified atom stereocenters. The van der Waals surface area contributed by atoms with E-state index >= 15 is 0 Å². The number of likely N-dealkylation sites (N-methyl/N-ethyl adjacent to an activating group) is 1. The van der Waals surface area contributed by atoms with Crippen molar-refractivity contribution in [3.63, 3.8) is 0 Å². The lowest BCUT2D eigenvalue weighted by atomic mass is 9.93. The van der Waals surface area contributed by atoms with E-state index in [-0.39, 0.29) is 5.54 Å². The SMILES string of the molecule is CCNC1(c2nc(C(C)C)cs2)CCCOC1. The number of rotatable bonds is 4. The van der Waals surface area contributed by atoms with Crippen molar-refractivity contribution >= 4 is 11.3 Å². The topological polar surface area (TPSA) is 34.2 Å². The van der Waals surface area contributed by atoms with Gasteiger partial charge in [0.15, 0.2) is 0 Å². The summed E-state index contributed by atoms with van der Waals surface area (Å²) in [7, 11) is 0. The van der Waals surface area contributed by atoms with Gasteiger partial charge in [0.2, 0.25) is 0 Å². The summed E-state index contributed by atoms with van der Waals surface area (Å²) in [5, 5.41) is 6.97. The average Bonchev–Trinajstić information content (AvgIpc) is 2.80. The summed E-state index contributed by atoms with van der Waals surface area (Å²) < 4.78 is 5.67. The van der Waals surface area contributed by atoms with Crippen LogP contribution in [0.1, 0.15) is 50.2 Å². The lowest BCUT2D eigenvalue weighted by Gasteiger charge is -2.36. The van der Waals surface area contributed by atoms with E-state index in [1.165, 1.54) is 10.7 Å². The molecule has 1 saturated heterocycles. The molecule has 1 fully saturated rings. The van der Waals surface area contributed by atoms with Crippen LogP contribution >= 0.6 is 11.3 Å². The molecule has 1 aliphatic rings. The molecule has 4 heteroatoms. The largest absolute Gasteiger partial charge is 0.379 e. The Hall–Kier alpha value is -0.450. The number of thiazole rings is 1. The molecule has 0 radical (unpaired) electrons. The third-order valence-electron chi connectivity index (χ3n) is 3.28. The van der Waals surface area contributed by atoms with E-state index in [2.05, 4.69) is 31.5 Å². The van der Waals surface area contributed by atoms with Crippen LogP contribution in [0.25, 0.3) is 0 Å². The number of hydrogen-bond donors (Lipinski definition) is 1. The molecule has 1 aliphatic heterocycles. The van der Waals surface area contributed by atoms with Gasteiger partial charge in [0.25, 0.3) is 0 Å². The highest BCUT2D eigenvalue weighted by Crippen LogP contribution is 2.33. The van der Waals surface area contributed by atoms with Gasteiger partial charge in [0, 0.05) is 12.0 Å². The second-order valence-corrected chi connectivity index (χ2v) is 5.86. The normalized spacial score (nSPS) is 25.4. The first-order valence-corrected chi connectivity index (χ1v) is 7.34. The minimum Gasteiger partial charge on any atom is -0.379 e. The van der Waals surface area contributed by atoms with Crippen LogP contribution in [0, 0.1) is 0 Å². The number of aromatic nitrogens is 1. The van der Waals surface area contributed by atoms with Gasteiger partial charge in [-0.05, 0) is 25.3 Å². The Bertz CT molecular complexity index is 351. The quantitative estimate of drug-likeness (QED) is 0.897. The molecular formula is C13H22N2OS. The van der Waals surface area contributed by atoms with Gasteiger partial charge in [-0.3, -0.25) is 0 Å². The van der Waals surface area contributed by atoms with Crippen LogP contribution in [0.2, 0.25) is 0 Å². The van der Waals surface area contributed by atoms with E-state index < -0.39 is 0 Å². The molecule has 1 N–H and O–H groups in total. The van der Waals surface area contributed by atoms with Crippen LogP contribution < -0.4 is 5.32 Å². The zero-order valence-electron chi connectivity index (χ0n) is 11.0. The monoisotopic (exact) mass is 254 g/mol. The molecule has 0 spiro atoms. The smallest absolute Gasteiger partial charge is 0.115 e. The van der Waals surface area contributed by atoms with E-state index in [1.807, 2.05) is 0 Å². The van der Waals surface area contributed by atoms with Gasteiger partial charge in [0.1, 0.15) is 5.01 Å². The molecule has 96 valence electrons. The van der Waals surface area contributed by atoms with Crippen LogP contribution in [0.4, 0.5) is 0 Å². The summed E-state index contributed by atoms with van der Waals surface area (Å²) in [5.74, 6) is 0.503. The Morgan fingerprint density at radius 1 is 1.59 bits per heavy atom. The maximum Gasteiger partial charge on any atom is 0.115 e. The number of hydrogen-bond acceptors (Lipinski definition) is 4. The summed E-state index contributed by atoms with van der Waals surface area (Å²) in [6.07, 6.45) is 2.25. The highest BCUT2D eigenvalue weighted by Gasteiger charge is 2.36. The predicted molar refractivity (Wildman–Crippen MR) is 71.6 cm³/mol. The van der Waals surface area contributed by atoms with Gasteiger partial charge in [-0.1, -0.05) is 20.8 Å². The molecule has 1 aromatic heterocycles. The van der Waals surface area contributed by atoms with E-state index in [0.29, 0.717) is 5.92 Å². The molecular weight excluding hydrogens is 232 g/mol. The highest BCUT2D eigenvalue weighted by molar-refractivity contribution is 7.09. The first kappa shape index (κ1) is 13.0. The zero-order valence-corrected chi connectivity index (χ0v) is 11.8. The Labute approximate surface area is 108 Å². The first-order valence-electron chi connectivity index (χ1n) is 6.46. The summed E-state index contributed by atoms with van der Waals surface area (Å²) in [5.41, 5.74) is 1.16. The van der Waals surface area contributed by atoms with E-state index in [4.69, 9.17) is 9.72 Å². The second-order valence-electron chi connectivity index (χ2n) is 5.00. The maximum absolute atomic E-state index is 5.67. The van der Waals surface area contributed by atoms with Gasteiger partial charge in [-0.15, -0.1) is 11.3 Å². The highest BCUT2D eigenvalue weighted by atomic mass is 32.1. The molecule has 0 saturated carbocycles. The van der Waals surface area contributed by atoms with Crippen molar-refractivity contribution in [2.24, 2.45) is 0 Å².